The minimum absolute atomic E-state index is 0.113. The molecule has 1 aromatic heterocycles. The Morgan fingerprint density at radius 1 is 1.08 bits per heavy atom. The average molecular weight is 337 g/mol. The van der Waals surface area contributed by atoms with Gasteiger partial charge >= 0.3 is 5.97 Å². The molecule has 0 radical (unpaired) electrons. The summed E-state index contributed by atoms with van der Waals surface area (Å²) in [5.41, 5.74) is 1.81. The lowest BCUT2D eigenvalue weighted by molar-refractivity contribution is 0.0461. The van der Waals surface area contributed by atoms with Gasteiger partial charge in [-0.2, -0.15) is 0 Å². The summed E-state index contributed by atoms with van der Waals surface area (Å²) in [6.07, 6.45) is 0. The van der Waals surface area contributed by atoms with Crippen LogP contribution in [0.3, 0.4) is 0 Å². The zero-order valence-corrected chi connectivity index (χ0v) is 14.2. The molecule has 0 fully saturated rings. The summed E-state index contributed by atoms with van der Waals surface area (Å²) in [6, 6.07) is 16.9. The van der Waals surface area contributed by atoms with Crippen molar-refractivity contribution in [3.05, 3.63) is 71.6 Å². The summed E-state index contributed by atoms with van der Waals surface area (Å²) in [5, 5.41) is 0. The maximum atomic E-state index is 12.4. The van der Waals surface area contributed by atoms with Gasteiger partial charge in [0.25, 0.3) is 0 Å². The molecule has 0 aliphatic heterocycles. The highest BCUT2D eigenvalue weighted by molar-refractivity contribution is 5.88. The molecular formula is C20H19NO4. The summed E-state index contributed by atoms with van der Waals surface area (Å²) in [7, 11) is 0. The van der Waals surface area contributed by atoms with Crippen LogP contribution in [-0.2, 0) is 11.3 Å². The van der Waals surface area contributed by atoms with Crippen molar-refractivity contribution in [3.63, 3.8) is 0 Å². The largest absolute Gasteiger partial charge is 0.493 e. The van der Waals surface area contributed by atoms with E-state index in [0.717, 1.165) is 11.1 Å². The number of nitrogens with zero attached hydrogens (tertiary/aromatic N) is 1. The minimum atomic E-state index is -0.519. The Balaban J connectivity index is 1.73. The molecule has 0 unspecified atom stereocenters. The van der Waals surface area contributed by atoms with Crippen LogP contribution in [0.4, 0.5) is 0 Å². The highest BCUT2D eigenvalue weighted by Gasteiger charge is 2.20. The summed E-state index contributed by atoms with van der Waals surface area (Å²) in [6.45, 7) is 4.27. The van der Waals surface area contributed by atoms with Crippen LogP contribution >= 0.6 is 0 Å². The maximum Gasteiger partial charge on any atom is 0.360 e. The van der Waals surface area contributed by atoms with Crippen LogP contribution in [0.2, 0.25) is 0 Å². The average Bonchev–Trinajstić information content (AvgIpc) is 3.04. The Kier molecular flexibility index (Phi) is 5.14. The van der Waals surface area contributed by atoms with E-state index in [-0.39, 0.29) is 12.3 Å². The molecule has 0 aliphatic carbocycles. The van der Waals surface area contributed by atoms with Crippen molar-refractivity contribution >= 4 is 5.97 Å². The smallest absolute Gasteiger partial charge is 0.360 e. The second kappa shape index (κ2) is 7.66. The Morgan fingerprint density at radius 3 is 2.56 bits per heavy atom. The fourth-order valence-corrected chi connectivity index (χ4v) is 2.42. The molecular weight excluding hydrogens is 318 g/mol. The number of hydrogen-bond donors (Lipinski definition) is 0. The number of aryl methyl sites for hydroxylation is 1. The van der Waals surface area contributed by atoms with Crippen molar-refractivity contribution in [3.8, 4) is 17.2 Å². The van der Waals surface area contributed by atoms with E-state index in [0.29, 0.717) is 24.0 Å². The van der Waals surface area contributed by atoms with Crippen LogP contribution < -0.4 is 4.74 Å². The number of carbonyl (C=O) groups is 1. The fraction of sp³-hybridized carbons (Fsp3) is 0.200. The Morgan fingerprint density at radius 2 is 1.80 bits per heavy atom. The lowest BCUT2D eigenvalue weighted by Gasteiger charge is -2.09. The number of esters is 1. The molecule has 0 bridgehead atoms. The molecule has 5 heteroatoms. The molecule has 0 N–H and O–H groups in total. The van der Waals surface area contributed by atoms with E-state index >= 15 is 0 Å². The van der Waals surface area contributed by atoms with Crippen LogP contribution in [0.25, 0.3) is 11.5 Å². The normalized spacial score (nSPS) is 10.5. The van der Waals surface area contributed by atoms with Gasteiger partial charge in [-0.1, -0.05) is 36.4 Å². The standard InChI is InChI=1S/C20H19NO4/c1-3-23-17-12-8-7-11-16(17)13-24-20(22)18-14(2)25-19(21-18)15-9-5-4-6-10-15/h4-12H,3,13H2,1-2H3. The number of benzene rings is 2. The van der Waals surface area contributed by atoms with Gasteiger partial charge in [-0.3, -0.25) is 0 Å². The minimum Gasteiger partial charge on any atom is -0.493 e. The quantitative estimate of drug-likeness (QED) is 0.624. The number of carbonyl (C=O) groups excluding carboxylic acids is 1. The summed E-state index contributed by atoms with van der Waals surface area (Å²) >= 11 is 0. The number of oxazole rings is 1. The first-order valence-electron chi connectivity index (χ1n) is 8.09. The van der Waals surface area contributed by atoms with Gasteiger partial charge in [0.2, 0.25) is 5.89 Å². The number of aromatic nitrogens is 1. The molecule has 0 atom stereocenters. The zero-order chi connectivity index (χ0) is 17.6. The zero-order valence-electron chi connectivity index (χ0n) is 14.2. The van der Waals surface area contributed by atoms with E-state index < -0.39 is 5.97 Å². The number of rotatable bonds is 6. The molecule has 25 heavy (non-hydrogen) atoms. The van der Waals surface area contributed by atoms with Crippen LogP contribution in [-0.4, -0.2) is 17.6 Å². The Bertz CT molecular complexity index is 855. The van der Waals surface area contributed by atoms with Gasteiger partial charge in [0, 0.05) is 11.1 Å². The van der Waals surface area contributed by atoms with Crippen molar-refractivity contribution in [2.45, 2.75) is 20.5 Å². The maximum absolute atomic E-state index is 12.4. The van der Waals surface area contributed by atoms with E-state index in [4.69, 9.17) is 13.9 Å². The summed E-state index contributed by atoms with van der Waals surface area (Å²) < 4.78 is 16.5. The lowest BCUT2D eigenvalue weighted by Crippen LogP contribution is -2.08. The molecule has 5 nitrogen and oxygen atoms in total. The molecule has 2 aromatic carbocycles. The lowest BCUT2D eigenvalue weighted by atomic mass is 10.2. The van der Waals surface area contributed by atoms with Crippen molar-refractivity contribution in [1.29, 1.82) is 0 Å². The third-order valence-electron chi connectivity index (χ3n) is 3.64. The third-order valence-corrected chi connectivity index (χ3v) is 3.64. The van der Waals surface area contributed by atoms with Crippen LogP contribution in [0.1, 0.15) is 28.7 Å². The molecule has 0 spiro atoms. The van der Waals surface area contributed by atoms with Gasteiger partial charge < -0.3 is 13.9 Å². The molecule has 0 saturated heterocycles. The fourth-order valence-electron chi connectivity index (χ4n) is 2.42. The molecule has 3 rings (SSSR count). The molecule has 0 aliphatic rings. The second-order valence-corrected chi connectivity index (χ2v) is 5.41. The van der Waals surface area contributed by atoms with Crippen molar-refractivity contribution in [2.75, 3.05) is 6.61 Å². The number of para-hydroxylation sites is 1. The van der Waals surface area contributed by atoms with Crippen molar-refractivity contribution in [2.24, 2.45) is 0 Å². The first kappa shape index (κ1) is 16.8. The Hall–Kier alpha value is -3.08. The summed E-state index contributed by atoms with van der Waals surface area (Å²) in [4.78, 5) is 16.6. The van der Waals surface area contributed by atoms with E-state index in [9.17, 15) is 4.79 Å². The second-order valence-electron chi connectivity index (χ2n) is 5.41. The van der Waals surface area contributed by atoms with Gasteiger partial charge in [0.05, 0.1) is 6.61 Å². The third kappa shape index (κ3) is 3.88. The van der Waals surface area contributed by atoms with Gasteiger partial charge in [0.1, 0.15) is 18.1 Å². The highest BCUT2D eigenvalue weighted by Crippen LogP contribution is 2.23. The van der Waals surface area contributed by atoms with Gasteiger partial charge in [-0.15, -0.1) is 0 Å². The Labute approximate surface area is 146 Å². The van der Waals surface area contributed by atoms with E-state index in [1.165, 1.54) is 0 Å². The number of hydrogen-bond acceptors (Lipinski definition) is 5. The first-order valence-corrected chi connectivity index (χ1v) is 8.09. The number of ether oxygens (including phenoxy) is 2. The van der Waals surface area contributed by atoms with Gasteiger partial charge in [-0.05, 0) is 32.0 Å². The molecule has 0 saturated carbocycles. The highest BCUT2D eigenvalue weighted by atomic mass is 16.5. The van der Waals surface area contributed by atoms with Crippen LogP contribution in [0.5, 0.6) is 5.75 Å². The molecule has 1 heterocycles. The monoisotopic (exact) mass is 337 g/mol. The summed E-state index contributed by atoms with van der Waals surface area (Å²) in [5.74, 6) is 1.02. The van der Waals surface area contributed by atoms with E-state index in [1.807, 2.05) is 61.5 Å². The van der Waals surface area contributed by atoms with Crippen molar-refractivity contribution < 1.29 is 18.7 Å². The van der Waals surface area contributed by atoms with E-state index in [1.54, 1.807) is 6.92 Å². The van der Waals surface area contributed by atoms with Crippen molar-refractivity contribution in [1.82, 2.24) is 4.98 Å². The molecule has 3 aromatic rings. The molecule has 128 valence electrons. The predicted octanol–water partition coefficient (Wildman–Crippen LogP) is 4.41. The van der Waals surface area contributed by atoms with Gasteiger partial charge in [0.15, 0.2) is 5.69 Å². The SMILES string of the molecule is CCOc1ccccc1COC(=O)c1nc(-c2ccccc2)oc1C. The van der Waals surface area contributed by atoms with E-state index in [2.05, 4.69) is 4.98 Å². The van der Waals surface area contributed by atoms with Crippen LogP contribution in [0, 0.1) is 6.92 Å². The van der Waals surface area contributed by atoms with Gasteiger partial charge in [-0.25, -0.2) is 9.78 Å². The topological polar surface area (TPSA) is 61.6 Å². The predicted molar refractivity (Wildman–Crippen MR) is 93.4 cm³/mol. The van der Waals surface area contributed by atoms with Crippen LogP contribution in [0.15, 0.2) is 59.0 Å². The molecule has 0 amide bonds. The first-order chi connectivity index (χ1) is 12.2.